The van der Waals surface area contributed by atoms with Crippen molar-refractivity contribution in [3.63, 3.8) is 0 Å². The second kappa shape index (κ2) is 5.07. The highest BCUT2D eigenvalue weighted by molar-refractivity contribution is 7.10. The number of hydrogen-bond donors (Lipinski definition) is 1. The molecule has 4 heteroatoms. The third-order valence-electron chi connectivity index (χ3n) is 4.02. The molecule has 0 spiro atoms. The topological polar surface area (TPSA) is 50.2 Å². The van der Waals surface area contributed by atoms with E-state index in [1.807, 2.05) is 35.7 Å². The predicted molar refractivity (Wildman–Crippen MR) is 89.2 cm³/mol. The molecule has 0 bridgehead atoms. The molecule has 0 saturated carbocycles. The highest BCUT2D eigenvalue weighted by Crippen LogP contribution is 2.37. The molecule has 2 aromatic heterocycles. The molecule has 0 fully saturated rings. The van der Waals surface area contributed by atoms with Gasteiger partial charge in [0.1, 0.15) is 0 Å². The summed E-state index contributed by atoms with van der Waals surface area (Å²) in [6, 6.07) is 11.6. The molecule has 1 aliphatic rings. The van der Waals surface area contributed by atoms with Crippen molar-refractivity contribution in [2.45, 2.75) is 12.8 Å². The van der Waals surface area contributed by atoms with Crippen molar-refractivity contribution in [2.75, 3.05) is 0 Å². The second-order valence-corrected chi connectivity index (χ2v) is 6.30. The number of hydrogen-bond acceptors (Lipinski definition) is 3. The van der Waals surface area contributed by atoms with Gasteiger partial charge in [0.25, 0.3) is 0 Å². The van der Waals surface area contributed by atoms with Gasteiger partial charge in [-0.1, -0.05) is 24.3 Å². The summed E-state index contributed by atoms with van der Waals surface area (Å²) in [5.74, 6) is -0.868. The lowest BCUT2D eigenvalue weighted by Crippen LogP contribution is -2.05. The number of aromatic carboxylic acids is 1. The molecule has 0 aliphatic heterocycles. The molecule has 0 unspecified atom stereocenters. The molecule has 1 N–H and O–H groups in total. The van der Waals surface area contributed by atoms with E-state index in [0.29, 0.717) is 5.56 Å². The minimum atomic E-state index is -0.868. The van der Waals surface area contributed by atoms with E-state index in [0.717, 1.165) is 40.6 Å². The Hall–Kier alpha value is -2.46. The molecule has 22 heavy (non-hydrogen) atoms. The van der Waals surface area contributed by atoms with Crippen LogP contribution < -0.4 is 0 Å². The summed E-state index contributed by atoms with van der Waals surface area (Å²) in [5, 5.41) is 12.4. The van der Waals surface area contributed by atoms with E-state index in [-0.39, 0.29) is 0 Å². The zero-order valence-electron chi connectivity index (χ0n) is 11.7. The van der Waals surface area contributed by atoms with Gasteiger partial charge in [-0.3, -0.25) is 0 Å². The monoisotopic (exact) mass is 307 g/mol. The van der Waals surface area contributed by atoms with Crippen LogP contribution >= 0.6 is 11.3 Å². The van der Waals surface area contributed by atoms with E-state index >= 15 is 0 Å². The number of rotatable bonds is 2. The van der Waals surface area contributed by atoms with Crippen molar-refractivity contribution in [1.82, 2.24) is 4.98 Å². The molecular weight excluding hydrogens is 294 g/mol. The van der Waals surface area contributed by atoms with Gasteiger partial charge in [-0.15, -0.1) is 11.3 Å². The van der Waals surface area contributed by atoms with Gasteiger partial charge >= 0.3 is 5.97 Å². The zero-order valence-corrected chi connectivity index (χ0v) is 12.6. The van der Waals surface area contributed by atoms with Crippen LogP contribution in [0.2, 0.25) is 0 Å². The third kappa shape index (κ3) is 2.04. The van der Waals surface area contributed by atoms with Gasteiger partial charge in [0.05, 0.1) is 16.8 Å². The summed E-state index contributed by atoms with van der Waals surface area (Å²) >= 11 is 1.68. The van der Waals surface area contributed by atoms with Crippen molar-refractivity contribution in [2.24, 2.45) is 0 Å². The highest BCUT2D eigenvalue weighted by atomic mass is 32.1. The summed E-state index contributed by atoms with van der Waals surface area (Å²) in [4.78, 5) is 17.7. The summed E-state index contributed by atoms with van der Waals surface area (Å²) in [7, 11) is 0. The number of allylic oxidation sites excluding steroid dienone is 1. The minimum absolute atomic E-state index is 0.412. The zero-order chi connectivity index (χ0) is 15.1. The molecule has 0 amide bonds. The average Bonchev–Trinajstić information content (AvgIpc) is 3.15. The Balaban J connectivity index is 1.99. The largest absolute Gasteiger partial charge is 0.478 e. The number of aromatic nitrogens is 1. The normalized spacial score (nSPS) is 15.4. The van der Waals surface area contributed by atoms with Gasteiger partial charge in [-0.25, -0.2) is 9.78 Å². The maximum Gasteiger partial charge on any atom is 0.336 e. The van der Waals surface area contributed by atoms with Crippen LogP contribution in [0.15, 0.2) is 41.8 Å². The summed E-state index contributed by atoms with van der Waals surface area (Å²) in [6.45, 7) is 0. The Kier molecular flexibility index (Phi) is 3.05. The molecule has 1 aromatic carbocycles. The van der Waals surface area contributed by atoms with E-state index < -0.39 is 5.97 Å². The Morgan fingerprint density at radius 3 is 2.82 bits per heavy atom. The number of carbonyl (C=O) groups is 1. The minimum Gasteiger partial charge on any atom is -0.478 e. The van der Waals surface area contributed by atoms with Crippen LogP contribution in [0, 0.1) is 0 Å². The number of carboxylic acid groups (broad SMARTS) is 1. The smallest absolute Gasteiger partial charge is 0.336 e. The quantitative estimate of drug-likeness (QED) is 0.759. The second-order valence-electron chi connectivity index (χ2n) is 5.32. The molecule has 108 valence electrons. The number of nitrogens with zero attached hydrogens (tertiary/aromatic N) is 1. The number of para-hydroxylation sites is 1. The van der Waals surface area contributed by atoms with E-state index in [4.69, 9.17) is 4.98 Å². The molecule has 0 radical (unpaired) electrons. The molecule has 3 nitrogen and oxygen atoms in total. The highest BCUT2D eigenvalue weighted by Gasteiger charge is 2.26. The van der Waals surface area contributed by atoms with E-state index in [1.165, 1.54) is 4.88 Å². The standard InChI is InChI=1S/C18H13NO2S/c20-18(21)16-13-5-1-2-6-15(13)19-17-11(7-8-14(16)17)10-12-4-3-9-22-12/h1-6,9-10H,7-8H2,(H,20,21)/b11-10+. The Morgan fingerprint density at radius 1 is 1.18 bits per heavy atom. The molecule has 1 aliphatic carbocycles. The van der Waals surface area contributed by atoms with Gasteiger partial charge in [0.2, 0.25) is 0 Å². The van der Waals surface area contributed by atoms with Gasteiger partial charge in [-0.05, 0) is 47.6 Å². The summed E-state index contributed by atoms with van der Waals surface area (Å²) in [5.41, 5.74) is 4.01. The van der Waals surface area contributed by atoms with Crippen LogP contribution in [0.3, 0.4) is 0 Å². The van der Waals surface area contributed by atoms with Crippen LogP contribution in [0.5, 0.6) is 0 Å². The van der Waals surface area contributed by atoms with Crippen molar-refractivity contribution in [3.8, 4) is 0 Å². The number of fused-ring (bicyclic) bond motifs is 2. The summed E-state index contributed by atoms with van der Waals surface area (Å²) < 4.78 is 0. The fourth-order valence-electron chi connectivity index (χ4n) is 3.07. The first-order valence-electron chi connectivity index (χ1n) is 7.13. The van der Waals surface area contributed by atoms with Crippen LogP contribution in [-0.4, -0.2) is 16.1 Å². The van der Waals surface area contributed by atoms with Crippen LogP contribution in [0.1, 0.15) is 32.9 Å². The maximum atomic E-state index is 11.8. The molecular formula is C18H13NO2S. The lowest BCUT2D eigenvalue weighted by molar-refractivity contribution is 0.0698. The molecule has 2 heterocycles. The number of benzene rings is 1. The maximum absolute atomic E-state index is 11.8. The number of carboxylic acids is 1. The number of thiophene rings is 1. The lowest BCUT2D eigenvalue weighted by Gasteiger charge is -2.08. The average molecular weight is 307 g/mol. The van der Waals surface area contributed by atoms with Crippen molar-refractivity contribution in [1.29, 1.82) is 0 Å². The van der Waals surface area contributed by atoms with Crippen molar-refractivity contribution >= 4 is 39.9 Å². The predicted octanol–water partition coefficient (Wildman–Crippen LogP) is 4.48. The molecule has 0 saturated heterocycles. The SMILES string of the molecule is O=C(O)c1c2c(nc3ccccc13)/C(=C/c1cccs1)CC2. The van der Waals surface area contributed by atoms with E-state index in [2.05, 4.69) is 12.1 Å². The fraction of sp³-hybridized carbons (Fsp3) is 0.111. The Labute approximate surface area is 131 Å². The van der Waals surface area contributed by atoms with Gasteiger partial charge in [0.15, 0.2) is 0 Å². The molecule has 4 rings (SSSR count). The Bertz CT molecular complexity index is 910. The van der Waals surface area contributed by atoms with E-state index in [9.17, 15) is 9.90 Å². The van der Waals surface area contributed by atoms with Gasteiger partial charge < -0.3 is 5.11 Å². The number of pyridine rings is 1. The first kappa shape index (κ1) is 13.2. The fourth-order valence-corrected chi connectivity index (χ4v) is 3.75. The lowest BCUT2D eigenvalue weighted by atomic mass is 10.0. The van der Waals surface area contributed by atoms with Crippen LogP contribution in [-0.2, 0) is 6.42 Å². The van der Waals surface area contributed by atoms with Crippen molar-refractivity contribution in [3.05, 3.63) is 63.5 Å². The van der Waals surface area contributed by atoms with E-state index in [1.54, 1.807) is 11.3 Å². The van der Waals surface area contributed by atoms with Crippen molar-refractivity contribution < 1.29 is 9.90 Å². The Morgan fingerprint density at radius 2 is 2.05 bits per heavy atom. The summed E-state index contributed by atoms with van der Waals surface area (Å²) in [6.07, 6.45) is 3.72. The first-order valence-corrected chi connectivity index (χ1v) is 8.01. The first-order chi connectivity index (χ1) is 10.7. The molecule has 0 atom stereocenters. The van der Waals surface area contributed by atoms with Crippen LogP contribution in [0.25, 0.3) is 22.6 Å². The van der Waals surface area contributed by atoms with Gasteiger partial charge in [0, 0.05) is 10.3 Å². The van der Waals surface area contributed by atoms with Crippen LogP contribution in [0.4, 0.5) is 0 Å². The third-order valence-corrected chi connectivity index (χ3v) is 4.83. The van der Waals surface area contributed by atoms with Gasteiger partial charge in [-0.2, -0.15) is 0 Å². The molecule has 3 aromatic rings.